The third-order valence-electron chi connectivity index (χ3n) is 4.06. The van der Waals surface area contributed by atoms with Crippen LogP contribution in [0.5, 0.6) is 0 Å². The normalized spacial score (nSPS) is 23.8. The van der Waals surface area contributed by atoms with Gasteiger partial charge in [0.05, 0.1) is 12.6 Å². The van der Waals surface area contributed by atoms with Crippen LogP contribution in [0.1, 0.15) is 23.7 Å². The maximum absolute atomic E-state index is 12.3. The van der Waals surface area contributed by atoms with Crippen molar-refractivity contribution in [2.45, 2.75) is 24.3 Å². The van der Waals surface area contributed by atoms with Crippen LogP contribution in [0.2, 0.25) is 0 Å². The number of piperidine rings is 1. The van der Waals surface area contributed by atoms with Crippen molar-refractivity contribution in [2.24, 2.45) is 5.92 Å². The summed E-state index contributed by atoms with van der Waals surface area (Å²) in [5.74, 6) is 0.772. The molecule has 1 fully saturated rings. The molecule has 1 heterocycles. The number of hydrogen-bond acceptors (Lipinski definition) is 4. The number of carbonyl (C=O) groups excluding carboxylic acids is 1. The van der Waals surface area contributed by atoms with Crippen LogP contribution in [0.25, 0.3) is 0 Å². The topological polar surface area (TPSA) is 29.5 Å². The van der Waals surface area contributed by atoms with E-state index < -0.39 is 0 Å². The monoisotopic (exact) mass is 293 g/mol. The highest BCUT2D eigenvalue weighted by Gasteiger charge is 2.27. The van der Waals surface area contributed by atoms with Crippen molar-refractivity contribution in [2.75, 3.05) is 33.0 Å². The molecule has 1 aliphatic heterocycles. The number of carbonyl (C=O) groups is 1. The van der Waals surface area contributed by atoms with Crippen molar-refractivity contribution < 1.29 is 9.53 Å². The van der Waals surface area contributed by atoms with Crippen molar-refractivity contribution in [1.29, 1.82) is 0 Å². The Morgan fingerprint density at radius 2 is 2.10 bits per heavy atom. The summed E-state index contributed by atoms with van der Waals surface area (Å²) >= 11 is 1.69. The van der Waals surface area contributed by atoms with Gasteiger partial charge in [0, 0.05) is 24.1 Å². The lowest BCUT2D eigenvalue weighted by Gasteiger charge is -2.35. The fraction of sp³-hybridized carbons (Fsp3) is 0.562. The second-order valence-electron chi connectivity index (χ2n) is 5.43. The summed E-state index contributed by atoms with van der Waals surface area (Å²) in [6.45, 7) is 4.54. The zero-order chi connectivity index (χ0) is 14.5. The molecular weight excluding hydrogens is 270 g/mol. The predicted molar refractivity (Wildman–Crippen MR) is 83.6 cm³/mol. The van der Waals surface area contributed by atoms with Crippen molar-refractivity contribution in [3.05, 3.63) is 29.8 Å². The molecule has 20 heavy (non-hydrogen) atoms. The maximum atomic E-state index is 12.3. The molecule has 4 heteroatoms. The minimum absolute atomic E-state index is 0.196. The van der Waals surface area contributed by atoms with Crippen LogP contribution < -0.4 is 0 Å². The van der Waals surface area contributed by atoms with Gasteiger partial charge in [-0.3, -0.25) is 9.69 Å². The van der Waals surface area contributed by atoms with Gasteiger partial charge in [0.15, 0.2) is 5.78 Å². The van der Waals surface area contributed by atoms with Gasteiger partial charge >= 0.3 is 0 Å². The highest BCUT2D eigenvalue weighted by atomic mass is 32.2. The number of methoxy groups -OCH3 is 1. The van der Waals surface area contributed by atoms with E-state index in [-0.39, 0.29) is 11.9 Å². The van der Waals surface area contributed by atoms with E-state index in [0.29, 0.717) is 12.5 Å². The number of benzene rings is 1. The van der Waals surface area contributed by atoms with Crippen molar-refractivity contribution in [3.63, 3.8) is 0 Å². The summed E-state index contributed by atoms with van der Waals surface area (Å²) in [4.78, 5) is 15.7. The number of ketones is 1. The fourth-order valence-electron chi connectivity index (χ4n) is 2.62. The summed E-state index contributed by atoms with van der Waals surface area (Å²) in [7, 11) is 1.76. The van der Waals surface area contributed by atoms with Gasteiger partial charge in [-0.15, -0.1) is 11.8 Å². The van der Waals surface area contributed by atoms with Crippen LogP contribution in [0.3, 0.4) is 0 Å². The Kier molecular flexibility index (Phi) is 5.64. The summed E-state index contributed by atoms with van der Waals surface area (Å²) < 4.78 is 5.50. The van der Waals surface area contributed by atoms with Crippen LogP contribution in [0, 0.1) is 5.92 Å². The smallest absolute Gasteiger partial charge is 0.176 e. The van der Waals surface area contributed by atoms with Gasteiger partial charge < -0.3 is 4.74 Å². The van der Waals surface area contributed by atoms with E-state index in [2.05, 4.69) is 11.8 Å². The standard InChI is InChI=1S/C16H23NO2S/c1-12-8-9-17(11-16(12)19-2)10-15(18)13-4-6-14(20-3)7-5-13/h4-7,12,16H,8-11H2,1-3H3. The summed E-state index contributed by atoms with van der Waals surface area (Å²) in [5.41, 5.74) is 0.801. The Hall–Kier alpha value is -0.840. The Bertz CT molecular complexity index is 446. The number of thioether (sulfide) groups is 1. The van der Waals surface area contributed by atoms with Gasteiger partial charge in [-0.05, 0) is 37.3 Å². The molecule has 0 N–H and O–H groups in total. The van der Waals surface area contributed by atoms with Gasteiger partial charge in [-0.2, -0.15) is 0 Å². The Morgan fingerprint density at radius 1 is 1.40 bits per heavy atom. The lowest BCUT2D eigenvalue weighted by atomic mass is 9.95. The molecule has 0 spiro atoms. The van der Waals surface area contributed by atoms with Crippen molar-refractivity contribution in [3.8, 4) is 0 Å². The van der Waals surface area contributed by atoms with E-state index in [9.17, 15) is 4.79 Å². The number of ether oxygens (including phenoxy) is 1. The lowest BCUT2D eigenvalue weighted by Crippen LogP contribution is -2.45. The number of likely N-dealkylation sites (tertiary alicyclic amines) is 1. The second kappa shape index (κ2) is 7.25. The summed E-state index contributed by atoms with van der Waals surface area (Å²) in [6.07, 6.45) is 3.38. The Morgan fingerprint density at radius 3 is 2.70 bits per heavy atom. The van der Waals surface area contributed by atoms with Crippen LogP contribution in [0.4, 0.5) is 0 Å². The zero-order valence-corrected chi connectivity index (χ0v) is 13.3. The molecule has 2 unspecified atom stereocenters. The van der Waals surface area contributed by atoms with Gasteiger partial charge in [-0.1, -0.05) is 19.1 Å². The van der Waals surface area contributed by atoms with Gasteiger partial charge in [0.2, 0.25) is 0 Å². The minimum atomic E-state index is 0.196. The molecule has 3 nitrogen and oxygen atoms in total. The first-order valence-corrected chi connectivity index (χ1v) is 8.29. The first-order chi connectivity index (χ1) is 9.63. The van der Waals surface area contributed by atoms with Gasteiger partial charge in [0.25, 0.3) is 0 Å². The highest BCUT2D eigenvalue weighted by Crippen LogP contribution is 2.20. The van der Waals surface area contributed by atoms with Crippen molar-refractivity contribution in [1.82, 2.24) is 4.90 Å². The van der Waals surface area contributed by atoms with Crippen LogP contribution in [0.15, 0.2) is 29.2 Å². The largest absolute Gasteiger partial charge is 0.380 e. The van der Waals surface area contributed by atoms with Crippen LogP contribution >= 0.6 is 11.8 Å². The number of Topliss-reactive ketones (excluding diaryl/α,β-unsaturated/α-hetero) is 1. The van der Waals surface area contributed by atoms with Crippen LogP contribution in [-0.2, 0) is 4.74 Å². The fourth-order valence-corrected chi connectivity index (χ4v) is 3.03. The molecule has 0 radical (unpaired) electrons. The molecule has 2 atom stereocenters. The van der Waals surface area contributed by atoms with E-state index in [1.807, 2.05) is 30.5 Å². The maximum Gasteiger partial charge on any atom is 0.176 e. The average molecular weight is 293 g/mol. The molecule has 1 aliphatic rings. The molecule has 2 rings (SSSR count). The van der Waals surface area contributed by atoms with E-state index in [4.69, 9.17) is 4.74 Å². The quantitative estimate of drug-likeness (QED) is 0.616. The summed E-state index contributed by atoms with van der Waals surface area (Å²) in [6, 6.07) is 7.87. The molecule has 1 aromatic carbocycles. The Labute approximate surface area is 125 Å². The molecular formula is C16H23NO2S. The Balaban J connectivity index is 1.93. The first-order valence-electron chi connectivity index (χ1n) is 7.06. The molecule has 0 amide bonds. The van der Waals surface area contributed by atoms with E-state index in [1.54, 1.807) is 18.9 Å². The van der Waals surface area contributed by atoms with Crippen LogP contribution in [-0.4, -0.2) is 49.8 Å². The predicted octanol–water partition coefficient (Wildman–Crippen LogP) is 2.95. The number of hydrogen-bond donors (Lipinski definition) is 0. The molecule has 0 saturated carbocycles. The molecule has 0 aliphatic carbocycles. The molecule has 1 saturated heterocycles. The SMILES string of the molecule is COC1CN(CC(=O)c2ccc(SC)cc2)CCC1C. The van der Waals surface area contributed by atoms with E-state index in [1.165, 1.54) is 4.90 Å². The van der Waals surface area contributed by atoms with E-state index in [0.717, 1.165) is 25.1 Å². The van der Waals surface area contributed by atoms with Crippen molar-refractivity contribution >= 4 is 17.5 Å². The van der Waals surface area contributed by atoms with Gasteiger partial charge in [0.1, 0.15) is 0 Å². The third-order valence-corrected chi connectivity index (χ3v) is 4.80. The van der Waals surface area contributed by atoms with E-state index >= 15 is 0 Å². The molecule has 0 bridgehead atoms. The third kappa shape index (κ3) is 3.84. The highest BCUT2D eigenvalue weighted by molar-refractivity contribution is 7.98. The molecule has 0 aromatic heterocycles. The number of rotatable bonds is 5. The zero-order valence-electron chi connectivity index (χ0n) is 12.5. The lowest BCUT2D eigenvalue weighted by molar-refractivity contribution is -0.00324. The summed E-state index contributed by atoms with van der Waals surface area (Å²) in [5, 5.41) is 0. The molecule has 110 valence electrons. The number of nitrogens with zero attached hydrogens (tertiary/aromatic N) is 1. The first kappa shape index (κ1) is 15.5. The average Bonchev–Trinajstić information content (AvgIpc) is 2.49. The second-order valence-corrected chi connectivity index (χ2v) is 6.31. The molecule has 1 aromatic rings. The minimum Gasteiger partial charge on any atom is -0.380 e. The van der Waals surface area contributed by atoms with Gasteiger partial charge in [-0.25, -0.2) is 0 Å².